The molecule has 1 aliphatic heterocycles. The van der Waals surface area contributed by atoms with Gasteiger partial charge in [0.05, 0.1) is 16.2 Å². The minimum absolute atomic E-state index is 0.0253. The molecule has 0 aromatic heterocycles. The van der Waals surface area contributed by atoms with Gasteiger partial charge in [-0.15, -0.1) is 0 Å². The Bertz CT molecular complexity index is 584. The molecule has 3 rings (SSSR count). The lowest BCUT2D eigenvalue weighted by Gasteiger charge is -2.36. The fourth-order valence-electron chi connectivity index (χ4n) is 2.84. The second-order valence-electron chi connectivity index (χ2n) is 5.80. The first-order valence-corrected chi connectivity index (χ1v) is 7.33. The molecule has 1 saturated heterocycles. The van der Waals surface area contributed by atoms with Gasteiger partial charge in [-0.05, 0) is 24.8 Å². The third-order valence-corrected chi connectivity index (χ3v) is 4.24. The average Bonchev–Trinajstić information content (AvgIpc) is 3.31. The number of piperazine rings is 1. The van der Waals surface area contributed by atoms with E-state index in [0.717, 1.165) is 37.8 Å². The van der Waals surface area contributed by atoms with Crippen molar-refractivity contribution < 1.29 is 4.92 Å². The molecule has 2 aliphatic rings. The summed E-state index contributed by atoms with van der Waals surface area (Å²) in [5, 5.41) is 20.0. The van der Waals surface area contributed by atoms with Gasteiger partial charge in [0, 0.05) is 44.9 Å². The van der Waals surface area contributed by atoms with Gasteiger partial charge >= 0.3 is 0 Å². The second kappa shape index (κ2) is 5.70. The van der Waals surface area contributed by atoms with Crippen LogP contribution in [0.25, 0.3) is 0 Å². The van der Waals surface area contributed by atoms with E-state index in [9.17, 15) is 15.4 Å². The predicted molar refractivity (Wildman–Crippen MR) is 79.2 cm³/mol. The predicted octanol–water partition coefficient (Wildman–Crippen LogP) is 2.00. The van der Waals surface area contributed by atoms with Gasteiger partial charge in [0.1, 0.15) is 6.07 Å². The molecular formula is C15H18N4O2. The summed E-state index contributed by atoms with van der Waals surface area (Å²) in [6.45, 7) is 4.94. The Morgan fingerprint density at radius 2 is 2.00 bits per heavy atom. The zero-order valence-corrected chi connectivity index (χ0v) is 11.9. The summed E-state index contributed by atoms with van der Waals surface area (Å²) in [5.74, 6) is 0.894. The van der Waals surface area contributed by atoms with Crippen molar-refractivity contribution in [3.05, 3.63) is 33.9 Å². The van der Waals surface area contributed by atoms with Crippen LogP contribution in [0, 0.1) is 27.4 Å². The molecule has 0 spiro atoms. The Kier molecular flexibility index (Phi) is 3.76. The minimum Gasteiger partial charge on any atom is -0.368 e. The van der Waals surface area contributed by atoms with Crippen molar-refractivity contribution in [2.75, 3.05) is 37.6 Å². The minimum atomic E-state index is -0.460. The van der Waals surface area contributed by atoms with Gasteiger partial charge in [0.25, 0.3) is 5.69 Å². The maximum Gasteiger partial charge on any atom is 0.270 e. The van der Waals surface area contributed by atoms with Gasteiger partial charge in [-0.1, -0.05) is 0 Å². The normalized spacial score (nSPS) is 19.3. The average molecular weight is 286 g/mol. The molecule has 0 unspecified atom stereocenters. The first-order valence-electron chi connectivity index (χ1n) is 7.33. The van der Waals surface area contributed by atoms with E-state index in [-0.39, 0.29) is 5.69 Å². The van der Waals surface area contributed by atoms with Crippen molar-refractivity contribution in [3.63, 3.8) is 0 Å². The second-order valence-corrected chi connectivity index (χ2v) is 5.80. The molecular weight excluding hydrogens is 268 g/mol. The summed E-state index contributed by atoms with van der Waals surface area (Å²) in [5.41, 5.74) is 1.18. The van der Waals surface area contributed by atoms with Crippen LogP contribution in [-0.2, 0) is 0 Å². The lowest BCUT2D eigenvalue weighted by atomic mass is 10.1. The maximum atomic E-state index is 10.8. The highest BCUT2D eigenvalue weighted by Gasteiger charge is 2.27. The summed E-state index contributed by atoms with van der Waals surface area (Å²) in [6.07, 6.45) is 2.72. The van der Waals surface area contributed by atoms with Crippen LogP contribution >= 0.6 is 0 Å². The Morgan fingerprint density at radius 3 is 2.57 bits per heavy atom. The third-order valence-electron chi connectivity index (χ3n) is 4.24. The molecule has 1 aromatic carbocycles. The van der Waals surface area contributed by atoms with Crippen molar-refractivity contribution in [2.45, 2.75) is 12.8 Å². The summed E-state index contributed by atoms with van der Waals surface area (Å²) in [7, 11) is 0. The topological polar surface area (TPSA) is 73.4 Å². The molecule has 2 fully saturated rings. The summed E-state index contributed by atoms with van der Waals surface area (Å²) >= 11 is 0. The molecule has 0 bridgehead atoms. The van der Waals surface area contributed by atoms with E-state index in [2.05, 4.69) is 15.9 Å². The zero-order valence-electron chi connectivity index (χ0n) is 11.9. The van der Waals surface area contributed by atoms with E-state index in [1.165, 1.54) is 31.5 Å². The van der Waals surface area contributed by atoms with E-state index in [1.807, 2.05) is 0 Å². The number of hydrogen-bond acceptors (Lipinski definition) is 5. The van der Waals surface area contributed by atoms with E-state index in [1.54, 1.807) is 6.07 Å². The molecule has 0 atom stereocenters. The Morgan fingerprint density at radius 1 is 1.29 bits per heavy atom. The van der Waals surface area contributed by atoms with Crippen LogP contribution in [0.1, 0.15) is 18.4 Å². The van der Waals surface area contributed by atoms with Crippen LogP contribution in [0.5, 0.6) is 0 Å². The summed E-state index contributed by atoms with van der Waals surface area (Å²) in [6, 6.07) is 6.63. The highest BCUT2D eigenvalue weighted by Crippen LogP contribution is 2.31. The van der Waals surface area contributed by atoms with Crippen LogP contribution < -0.4 is 4.90 Å². The number of rotatable bonds is 4. The fourth-order valence-corrected chi connectivity index (χ4v) is 2.84. The monoisotopic (exact) mass is 286 g/mol. The number of nitrogens with zero attached hydrogens (tertiary/aromatic N) is 4. The molecule has 6 nitrogen and oxygen atoms in total. The first-order chi connectivity index (χ1) is 10.2. The van der Waals surface area contributed by atoms with Crippen LogP contribution in [0.2, 0.25) is 0 Å². The molecule has 21 heavy (non-hydrogen) atoms. The first kappa shape index (κ1) is 13.8. The highest BCUT2D eigenvalue weighted by molar-refractivity contribution is 5.63. The fraction of sp³-hybridized carbons (Fsp3) is 0.533. The SMILES string of the molecule is N#Cc1cc([N+](=O)[O-])ccc1N1CCN(CC2CC2)CC1. The molecule has 1 heterocycles. The van der Waals surface area contributed by atoms with Gasteiger partial charge in [-0.3, -0.25) is 15.0 Å². The molecule has 0 radical (unpaired) electrons. The highest BCUT2D eigenvalue weighted by atomic mass is 16.6. The Hall–Kier alpha value is -2.13. The van der Waals surface area contributed by atoms with E-state index < -0.39 is 4.92 Å². The summed E-state index contributed by atoms with van der Waals surface area (Å²) < 4.78 is 0. The van der Waals surface area contributed by atoms with Crippen molar-refractivity contribution in [3.8, 4) is 6.07 Å². The maximum absolute atomic E-state index is 10.8. The molecule has 0 amide bonds. The van der Waals surface area contributed by atoms with Crippen LogP contribution in [-0.4, -0.2) is 42.5 Å². The number of nitriles is 1. The molecule has 1 saturated carbocycles. The van der Waals surface area contributed by atoms with Crippen molar-refractivity contribution in [1.29, 1.82) is 5.26 Å². The van der Waals surface area contributed by atoms with Crippen molar-refractivity contribution in [1.82, 2.24) is 4.90 Å². The number of benzene rings is 1. The quantitative estimate of drug-likeness (QED) is 0.625. The molecule has 1 aromatic rings. The lowest BCUT2D eigenvalue weighted by Crippen LogP contribution is -2.47. The van der Waals surface area contributed by atoms with Crippen LogP contribution in [0.4, 0.5) is 11.4 Å². The number of non-ortho nitro benzene ring substituents is 1. The van der Waals surface area contributed by atoms with Gasteiger partial charge in [-0.2, -0.15) is 5.26 Å². The van der Waals surface area contributed by atoms with Gasteiger partial charge in [-0.25, -0.2) is 0 Å². The van der Waals surface area contributed by atoms with Crippen LogP contribution in [0.3, 0.4) is 0 Å². The largest absolute Gasteiger partial charge is 0.368 e. The van der Waals surface area contributed by atoms with Gasteiger partial charge in [0.15, 0.2) is 0 Å². The van der Waals surface area contributed by atoms with E-state index in [0.29, 0.717) is 5.56 Å². The molecule has 1 aliphatic carbocycles. The van der Waals surface area contributed by atoms with E-state index >= 15 is 0 Å². The lowest BCUT2D eigenvalue weighted by molar-refractivity contribution is -0.384. The molecule has 110 valence electrons. The Labute approximate surface area is 123 Å². The van der Waals surface area contributed by atoms with Gasteiger partial charge in [0.2, 0.25) is 0 Å². The van der Waals surface area contributed by atoms with Gasteiger partial charge < -0.3 is 4.90 Å². The summed E-state index contributed by atoms with van der Waals surface area (Å²) in [4.78, 5) is 15.0. The number of hydrogen-bond donors (Lipinski definition) is 0. The smallest absolute Gasteiger partial charge is 0.270 e. The standard InChI is InChI=1S/C15H18N4O2/c16-10-13-9-14(19(20)21)3-4-15(13)18-7-5-17(6-8-18)11-12-1-2-12/h3-4,9,12H,1-2,5-8,11H2. The third kappa shape index (κ3) is 3.14. The number of nitro groups is 1. The van der Waals surface area contributed by atoms with E-state index in [4.69, 9.17) is 0 Å². The Balaban J connectivity index is 1.69. The van der Waals surface area contributed by atoms with Crippen molar-refractivity contribution in [2.24, 2.45) is 5.92 Å². The number of anilines is 1. The van der Waals surface area contributed by atoms with Crippen LogP contribution in [0.15, 0.2) is 18.2 Å². The molecule has 6 heteroatoms. The zero-order chi connectivity index (χ0) is 14.8. The van der Waals surface area contributed by atoms with Crippen molar-refractivity contribution >= 4 is 11.4 Å². The molecule has 0 N–H and O–H groups in total. The number of nitro benzene ring substituents is 1.